The highest BCUT2D eigenvalue weighted by Gasteiger charge is 2.23. The lowest BCUT2D eigenvalue weighted by molar-refractivity contribution is 0.0925. The van der Waals surface area contributed by atoms with Gasteiger partial charge in [-0.05, 0) is 67.6 Å². The Kier molecular flexibility index (Phi) is 9.29. The third-order valence-electron chi connectivity index (χ3n) is 4.86. The summed E-state index contributed by atoms with van der Waals surface area (Å²) >= 11 is 1.77. The Labute approximate surface area is 178 Å². The Balaban J connectivity index is 0.00000280. The second-order valence-corrected chi connectivity index (χ2v) is 8.55. The van der Waals surface area contributed by atoms with Crippen LogP contribution in [0.25, 0.3) is 0 Å². The number of amides is 1. The smallest absolute Gasteiger partial charge is 0.251 e. The molecular formula is C22H31ClN2O2S. The van der Waals surface area contributed by atoms with Crippen LogP contribution in [0.15, 0.2) is 41.8 Å². The van der Waals surface area contributed by atoms with Crippen molar-refractivity contribution in [1.82, 2.24) is 10.2 Å². The fraction of sp³-hybridized carbons (Fsp3) is 0.500. The van der Waals surface area contributed by atoms with Gasteiger partial charge in [0.2, 0.25) is 0 Å². The molecule has 1 aromatic heterocycles. The first-order valence-electron chi connectivity index (χ1n) is 9.92. The standard InChI is InChI=1S/C22H30N2O2S.ClH/c1-17(2)16-26-19-10-8-18(9-11-19)22(25)23-15-20(21-7-6-14-27-21)24-12-4-3-5-13-24;/h6-11,14,17,20H,3-5,12-13,15-16H2,1-2H3,(H,23,25);1H. The van der Waals surface area contributed by atoms with Crippen LogP contribution in [-0.4, -0.2) is 37.0 Å². The van der Waals surface area contributed by atoms with Crippen LogP contribution in [0.4, 0.5) is 0 Å². The highest BCUT2D eigenvalue weighted by Crippen LogP contribution is 2.27. The summed E-state index contributed by atoms with van der Waals surface area (Å²) in [5.41, 5.74) is 0.676. The van der Waals surface area contributed by atoms with Gasteiger partial charge in [-0.25, -0.2) is 0 Å². The lowest BCUT2D eigenvalue weighted by Crippen LogP contribution is -2.40. The van der Waals surface area contributed by atoms with Crippen LogP contribution < -0.4 is 10.1 Å². The molecule has 4 nitrogen and oxygen atoms in total. The van der Waals surface area contributed by atoms with E-state index in [0.717, 1.165) is 18.8 Å². The molecule has 3 rings (SSSR count). The summed E-state index contributed by atoms with van der Waals surface area (Å²) in [7, 11) is 0. The van der Waals surface area contributed by atoms with Crippen molar-refractivity contribution in [3.05, 3.63) is 52.2 Å². The Bertz CT molecular complexity index is 698. The second kappa shape index (κ2) is 11.4. The second-order valence-electron chi connectivity index (χ2n) is 7.57. The van der Waals surface area contributed by atoms with E-state index in [9.17, 15) is 4.79 Å². The van der Waals surface area contributed by atoms with Crippen molar-refractivity contribution in [2.24, 2.45) is 5.92 Å². The van der Waals surface area contributed by atoms with Crippen molar-refractivity contribution in [2.45, 2.75) is 39.2 Å². The van der Waals surface area contributed by atoms with Crippen molar-refractivity contribution in [3.8, 4) is 5.75 Å². The predicted molar refractivity (Wildman–Crippen MR) is 119 cm³/mol. The largest absolute Gasteiger partial charge is 0.493 e. The number of carbonyl (C=O) groups excluding carboxylic acids is 1. The van der Waals surface area contributed by atoms with Gasteiger partial charge in [0.25, 0.3) is 5.91 Å². The maximum absolute atomic E-state index is 12.6. The molecule has 1 N–H and O–H groups in total. The fourth-order valence-electron chi connectivity index (χ4n) is 3.38. The summed E-state index contributed by atoms with van der Waals surface area (Å²) in [6.07, 6.45) is 3.80. The van der Waals surface area contributed by atoms with Crippen LogP contribution in [0, 0.1) is 5.92 Å². The van der Waals surface area contributed by atoms with E-state index in [-0.39, 0.29) is 24.4 Å². The van der Waals surface area contributed by atoms with Crippen LogP contribution in [0.3, 0.4) is 0 Å². The van der Waals surface area contributed by atoms with E-state index in [1.54, 1.807) is 11.3 Å². The molecule has 0 saturated carbocycles. The third-order valence-corrected chi connectivity index (χ3v) is 5.83. The Morgan fingerprint density at radius 1 is 1.14 bits per heavy atom. The molecule has 0 spiro atoms. The SMILES string of the molecule is CC(C)COc1ccc(C(=O)NCC(c2cccs2)N2CCCCC2)cc1.Cl. The van der Waals surface area contributed by atoms with Gasteiger partial charge in [0.05, 0.1) is 12.6 Å². The van der Waals surface area contributed by atoms with Crippen molar-refractivity contribution in [2.75, 3.05) is 26.2 Å². The highest BCUT2D eigenvalue weighted by atomic mass is 35.5. The molecule has 1 fully saturated rings. The van der Waals surface area contributed by atoms with Gasteiger partial charge in [-0.3, -0.25) is 9.69 Å². The molecule has 154 valence electrons. The maximum atomic E-state index is 12.6. The van der Waals surface area contributed by atoms with Gasteiger partial charge in [0.15, 0.2) is 0 Å². The molecule has 1 aliphatic heterocycles. The number of likely N-dealkylation sites (tertiary alicyclic amines) is 1. The Morgan fingerprint density at radius 2 is 1.86 bits per heavy atom. The molecule has 28 heavy (non-hydrogen) atoms. The van der Waals surface area contributed by atoms with Crippen LogP contribution >= 0.6 is 23.7 Å². The number of rotatable bonds is 8. The van der Waals surface area contributed by atoms with E-state index >= 15 is 0 Å². The molecule has 1 amide bonds. The topological polar surface area (TPSA) is 41.6 Å². The first kappa shape index (κ1) is 22.7. The summed E-state index contributed by atoms with van der Waals surface area (Å²) < 4.78 is 5.69. The first-order chi connectivity index (χ1) is 13.1. The number of halogens is 1. The van der Waals surface area contributed by atoms with E-state index in [2.05, 4.69) is 41.6 Å². The lowest BCUT2D eigenvalue weighted by Gasteiger charge is -2.34. The van der Waals surface area contributed by atoms with Crippen LogP contribution in [0.2, 0.25) is 0 Å². The summed E-state index contributed by atoms with van der Waals surface area (Å²) in [5.74, 6) is 1.27. The van der Waals surface area contributed by atoms with E-state index in [4.69, 9.17) is 4.74 Å². The average Bonchev–Trinajstić information content (AvgIpc) is 3.22. The summed E-state index contributed by atoms with van der Waals surface area (Å²) in [6, 6.07) is 12.0. The number of hydrogen-bond acceptors (Lipinski definition) is 4. The fourth-order valence-corrected chi connectivity index (χ4v) is 4.24. The first-order valence-corrected chi connectivity index (χ1v) is 10.8. The minimum Gasteiger partial charge on any atom is -0.493 e. The van der Waals surface area contributed by atoms with Gasteiger partial charge in [0, 0.05) is 17.0 Å². The minimum atomic E-state index is -0.0241. The lowest BCUT2D eigenvalue weighted by atomic mass is 10.1. The number of benzene rings is 1. The Morgan fingerprint density at radius 3 is 2.46 bits per heavy atom. The van der Waals surface area contributed by atoms with Gasteiger partial charge in [0.1, 0.15) is 5.75 Å². The molecule has 0 radical (unpaired) electrons. The van der Waals surface area contributed by atoms with Gasteiger partial charge < -0.3 is 10.1 Å². The summed E-state index contributed by atoms with van der Waals surface area (Å²) in [4.78, 5) is 16.5. The van der Waals surface area contributed by atoms with Gasteiger partial charge in [-0.2, -0.15) is 0 Å². The average molecular weight is 423 g/mol. The van der Waals surface area contributed by atoms with E-state index in [0.29, 0.717) is 24.6 Å². The van der Waals surface area contributed by atoms with E-state index in [1.807, 2.05) is 24.3 Å². The number of nitrogens with zero attached hydrogens (tertiary/aromatic N) is 1. The van der Waals surface area contributed by atoms with Crippen LogP contribution in [0.1, 0.15) is 54.4 Å². The molecule has 2 heterocycles. The predicted octanol–water partition coefficient (Wildman–Crippen LogP) is 5.16. The monoisotopic (exact) mass is 422 g/mol. The molecular weight excluding hydrogens is 392 g/mol. The van der Waals surface area contributed by atoms with Gasteiger partial charge >= 0.3 is 0 Å². The minimum absolute atomic E-state index is 0. The van der Waals surface area contributed by atoms with Crippen molar-refractivity contribution < 1.29 is 9.53 Å². The molecule has 0 bridgehead atoms. The zero-order valence-corrected chi connectivity index (χ0v) is 18.4. The molecule has 1 aromatic carbocycles. The zero-order chi connectivity index (χ0) is 19.1. The van der Waals surface area contributed by atoms with Gasteiger partial charge in [-0.1, -0.05) is 26.3 Å². The maximum Gasteiger partial charge on any atom is 0.251 e. The number of nitrogens with one attached hydrogen (secondary N) is 1. The zero-order valence-electron chi connectivity index (χ0n) is 16.7. The molecule has 1 aliphatic rings. The Hall–Kier alpha value is -1.56. The highest BCUT2D eigenvalue weighted by molar-refractivity contribution is 7.10. The van der Waals surface area contributed by atoms with Crippen molar-refractivity contribution in [3.63, 3.8) is 0 Å². The quantitative estimate of drug-likeness (QED) is 0.638. The number of thiophene rings is 1. The molecule has 0 aliphatic carbocycles. The summed E-state index contributed by atoms with van der Waals surface area (Å²) in [5, 5.41) is 5.25. The molecule has 1 unspecified atom stereocenters. The number of ether oxygens (including phenoxy) is 1. The molecule has 1 saturated heterocycles. The molecule has 6 heteroatoms. The van der Waals surface area contributed by atoms with E-state index in [1.165, 1.54) is 24.1 Å². The number of hydrogen-bond donors (Lipinski definition) is 1. The normalized spacial score (nSPS) is 15.7. The number of piperidine rings is 1. The summed E-state index contributed by atoms with van der Waals surface area (Å²) in [6.45, 7) is 7.79. The third kappa shape index (κ3) is 6.50. The van der Waals surface area contributed by atoms with Crippen molar-refractivity contribution in [1.29, 1.82) is 0 Å². The van der Waals surface area contributed by atoms with E-state index < -0.39 is 0 Å². The molecule has 1 atom stereocenters. The molecule has 2 aromatic rings. The van der Waals surface area contributed by atoms with Crippen LogP contribution in [-0.2, 0) is 0 Å². The van der Waals surface area contributed by atoms with Gasteiger partial charge in [-0.15, -0.1) is 23.7 Å². The van der Waals surface area contributed by atoms with Crippen molar-refractivity contribution >= 4 is 29.7 Å². The van der Waals surface area contributed by atoms with Crippen LogP contribution in [0.5, 0.6) is 5.75 Å². The number of carbonyl (C=O) groups is 1.